The summed E-state index contributed by atoms with van der Waals surface area (Å²) >= 11 is 0. The summed E-state index contributed by atoms with van der Waals surface area (Å²) in [5.41, 5.74) is 0. The monoisotopic (exact) mass is 151 g/mol. The molecule has 1 aromatic heterocycles. The molecule has 1 aliphatic rings. The van der Waals surface area contributed by atoms with Gasteiger partial charge in [0.05, 0.1) is 0 Å². The van der Waals surface area contributed by atoms with E-state index < -0.39 is 0 Å². The fraction of sp³-hybridized carbons (Fsp3) is 0.750. The van der Waals surface area contributed by atoms with Crippen molar-refractivity contribution in [2.45, 2.75) is 38.5 Å². The van der Waals surface area contributed by atoms with Crippen molar-refractivity contribution in [3.8, 4) is 0 Å². The Balaban J connectivity index is 2.18. The van der Waals surface area contributed by atoms with Crippen LogP contribution in [0.25, 0.3) is 0 Å². The van der Waals surface area contributed by atoms with Gasteiger partial charge in [0, 0.05) is 11.8 Å². The first-order chi connectivity index (χ1) is 5.27. The summed E-state index contributed by atoms with van der Waals surface area (Å²) in [4.78, 5) is 3.25. The summed E-state index contributed by atoms with van der Waals surface area (Å²) in [7, 11) is 0. The van der Waals surface area contributed by atoms with Gasteiger partial charge in [-0.25, -0.2) is 0 Å². The predicted molar refractivity (Wildman–Crippen MR) is 42.4 cm³/mol. The van der Waals surface area contributed by atoms with Crippen molar-refractivity contribution in [1.29, 1.82) is 0 Å². The molecular formula is C8H13N3. The van der Waals surface area contributed by atoms with E-state index >= 15 is 0 Å². The zero-order chi connectivity index (χ0) is 7.84. The molecule has 0 amide bonds. The van der Waals surface area contributed by atoms with Gasteiger partial charge in [0.15, 0.2) is 0 Å². The van der Waals surface area contributed by atoms with Crippen LogP contribution in [0.15, 0.2) is 0 Å². The van der Waals surface area contributed by atoms with Crippen molar-refractivity contribution in [2.24, 2.45) is 0 Å². The predicted octanol–water partition coefficient (Wildman–Crippen LogP) is 1.81. The third-order valence-corrected chi connectivity index (χ3v) is 2.03. The Kier molecular flexibility index (Phi) is 1.44. The number of rotatable bonds is 2. The Morgan fingerprint density at radius 3 is 2.55 bits per heavy atom. The van der Waals surface area contributed by atoms with E-state index in [2.05, 4.69) is 29.0 Å². The zero-order valence-corrected chi connectivity index (χ0v) is 6.96. The summed E-state index contributed by atoms with van der Waals surface area (Å²) in [6, 6.07) is 0. The summed E-state index contributed by atoms with van der Waals surface area (Å²) in [6.07, 6.45) is 2.57. The molecule has 0 saturated heterocycles. The van der Waals surface area contributed by atoms with Crippen LogP contribution in [-0.4, -0.2) is 15.2 Å². The molecule has 0 spiro atoms. The van der Waals surface area contributed by atoms with Gasteiger partial charge in [0.2, 0.25) is 0 Å². The fourth-order valence-corrected chi connectivity index (χ4v) is 1.09. The molecule has 60 valence electrons. The van der Waals surface area contributed by atoms with Crippen LogP contribution >= 0.6 is 0 Å². The first kappa shape index (κ1) is 6.83. The number of hydrogen-bond donors (Lipinski definition) is 1. The maximum Gasteiger partial charge on any atom is 0.133 e. The van der Waals surface area contributed by atoms with Gasteiger partial charge < -0.3 is 4.98 Å². The average Bonchev–Trinajstić information content (AvgIpc) is 2.68. The summed E-state index contributed by atoms with van der Waals surface area (Å²) in [6.45, 7) is 4.24. The molecule has 3 heteroatoms. The maximum absolute atomic E-state index is 4.09. The van der Waals surface area contributed by atoms with Crippen LogP contribution in [0.3, 0.4) is 0 Å². The molecule has 0 radical (unpaired) electrons. The quantitative estimate of drug-likeness (QED) is 0.700. The number of aromatic nitrogens is 3. The highest BCUT2D eigenvalue weighted by Gasteiger charge is 2.27. The van der Waals surface area contributed by atoms with Gasteiger partial charge in [-0.05, 0) is 12.8 Å². The first-order valence-corrected chi connectivity index (χ1v) is 4.20. The van der Waals surface area contributed by atoms with Gasteiger partial charge in [-0.1, -0.05) is 13.8 Å². The molecular weight excluding hydrogens is 138 g/mol. The summed E-state index contributed by atoms with van der Waals surface area (Å²) in [5, 5.41) is 8.17. The Morgan fingerprint density at radius 1 is 1.36 bits per heavy atom. The van der Waals surface area contributed by atoms with Crippen LogP contribution in [-0.2, 0) is 0 Å². The Labute approximate surface area is 66.2 Å². The van der Waals surface area contributed by atoms with Crippen molar-refractivity contribution in [1.82, 2.24) is 15.2 Å². The Bertz CT molecular complexity index is 231. The topological polar surface area (TPSA) is 41.6 Å². The normalized spacial score (nSPS) is 17.7. The van der Waals surface area contributed by atoms with Crippen LogP contribution in [0.2, 0.25) is 0 Å². The number of hydrogen-bond acceptors (Lipinski definition) is 2. The lowest BCUT2D eigenvalue weighted by Crippen LogP contribution is -1.89. The zero-order valence-electron chi connectivity index (χ0n) is 6.96. The highest BCUT2D eigenvalue weighted by Crippen LogP contribution is 2.37. The standard InChI is InChI=1S/C8H13N3/c1-5(2)7-9-8(11-10-7)6-3-4-6/h5-6H,3-4H2,1-2H3,(H,9,10,11). The van der Waals surface area contributed by atoms with Crippen molar-refractivity contribution in [3.63, 3.8) is 0 Å². The van der Waals surface area contributed by atoms with E-state index in [0.29, 0.717) is 11.8 Å². The van der Waals surface area contributed by atoms with Crippen LogP contribution in [0.4, 0.5) is 0 Å². The molecule has 0 aromatic carbocycles. The van der Waals surface area contributed by atoms with E-state index in [1.807, 2.05) is 0 Å². The Morgan fingerprint density at radius 2 is 2.09 bits per heavy atom. The van der Waals surface area contributed by atoms with Crippen molar-refractivity contribution in [2.75, 3.05) is 0 Å². The van der Waals surface area contributed by atoms with Gasteiger partial charge in [-0.15, -0.1) is 10.2 Å². The molecule has 1 fully saturated rings. The van der Waals surface area contributed by atoms with Crippen molar-refractivity contribution < 1.29 is 0 Å². The van der Waals surface area contributed by atoms with Gasteiger partial charge in [-0.3, -0.25) is 0 Å². The smallest absolute Gasteiger partial charge is 0.133 e. The lowest BCUT2D eigenvalue weighted by atomic mass is 10.2. The molecule has 1 heterocycles. The number of H-pyrrole nitrogens is 1. The molecule has 3 nitrogen and oxygen atoms in total. The van der Waals surface area contributed by atoms with E-state index in [4.69, 9.17) is 0 Å². The average molecular weight is 151 g/mol. The number of nitrogens with zero attached hydrogens (tertiary/aromatic N) is 2. The van der Waals surface area contributed by atoms with Crippen LogP contribution < -0.4 is 0 Å². The second-order valence-electron chi connectivity index (χ2n) is 3.52. The largest absolute Gasteiger partial charge is 0.328 e. The van der Waals surface area contributed by atoms with Crippen molar-refractivity contribution >= 4 is 0 Å². The van der Waals surface area contributed by atoms with Gasteiger partial charge in [-0.2, -0.15) is 0 Å². The van der Waals surface area contributed by atoms with E-state index in [1.54, 1.807) is 0 Å². The molecule has 1 saturated carbocycles. The second kappa shape index (κ2) is 2.32. The molecule has 1 aromatic rings. The molecule has 2 rings (SSSR count). The molecule has 0 atom stereocenters. The minimum Gasteiger partial charge on any atom is -0.328 e. The molecule has 1 N–H and O–H groups in total. The van der Waals surface area contributed by atoms with E-state index in [-0.39, 0.29) is 0 Å². The van der Waals surface area contributed by atoms with Gasteiger partial charge >= 0.3 is 0 Å². The van der Waals surface area contributed by atoms with Crippen LogP contribution in [0.5, 0.6) is 0 Å². The van der Waals surface area contributed by atoms with Crippen LogP contribution in [0, 0.1) is 0 Å². The summed E-state index contributed by atoms with van der Waals surface area (Å²) in [5.74, 6) is 3.27. The van der Waals surface area contributed by atoms with E-state index in [0.717, 1.165) is 11.6 Å². The van der Waals surface area contributed by atoms with E-state index in [9.17, 15) is 0 Å². The molecule has 0 aliphatic heterocycles. The lowest BCUT2D eigenvalue weighted by molar-refractivity contribution is 0.780. The number of nitrogens with one attached hydrogen (secondary N) is 1. The third-order valence-electron chi connectivity index (χ3n) is 2.03. The maximum atomic E-state index is 4.09. The number of aromatic amines is 1. The Hall–Kier alpha value is -0.860. The van der Waals surface area contributed by atoms with E-state index in [1.165, 1.54) is 12.8 Å². The second-order valence-corrected chi connectivity index (χ2v) is 3.52. The molecule has 11 heavy (non-hydrogen) atoms. The fourth-order valence-electron chi connectivity index (χ4n) is 1.09. The third kappa shape index (κ3) is 1.27. The van der Waals surface area contributed by atoms with Crippen LogP contribution in [0.1, 0.15) is 50.2 Å². The lowest BCUT2D eigenvalue weighted by Gasteiger charge is -1.95. The SMILES string of the molecule is CC(C)c1nnc(C2CC2)[nH]1. The molecule has 0 unspecified atom stereocenters. The van der Waals surface area contributed by atoms with Gasteiger partial charge in [0.25, 0.3) is 0 Å². The highest BCUT2D eigenvalue weighted by atomic mass is 15.2. The molecule has 0 bridgehead atoms. The first-order valence-electron chi connectivity index (χ1n) is 4.20. The van der Waals surface area contributed by atoms with Crippen molar-refractivity contribution in [3.05, 3.63) is 11.6 Å². The molecule has 1 aliphatic carbocycles. The summed E-state index contributed by atoms with van der Waals surface area (Å²) < 4.78 is 0. The minimum atomic E-state index is 0.468. The minimum absolute atomic E-state index is 0.468. The van der Waals surface area contributed by atoms with Gasteiger partial charge in [0.1, 0.15) is 11.6 Å². The highest BCUT2D eigenvalue weighted by molar-refractivity contribution is 5.06.